The van der Waals surface area contributed by atoms with Gasteiger partial charge in [0.15, 0.2) is 0 Å². The number of rotatable bonds is 3. The van der Waals surface area contributed by atoms with Crippen molar-refractivity contribution in [2.24, 2.45) is 7.05 Å². The SMILES string of the molecule is Cc1nc(C(C)NC(=O)c2cccn2C)c(C)s1. The van der Waals surface area contributed by atoms with Crippen LogP contribution in [-0.2, 0) is 7.05 Å². The van der Waals surface area contributed by atoms with E-state index in [1.165, 1.54) is 0 Å². The highest BCUT2D eigenvalue weighted by atomic mass is 32.1. The Morgan fingerprint density at radius 1 is 1.50 bits per heavy atom. The van der Waals surface area contributed by atoms with Crippen molar-refractivity contribution in [1.29, 1.82) is 0 Å². The van der Waals surface area contributed by atoms with Crippen molar-refractivity contribution < 1.29 is 4.79 Å². The summed E-state index contributed by atoms with van der Waals surface area (Å²) in [7, 11) is 1.86. The van der Waals surface area contributed by atoms with Crippen molar-refractivity contribution in [2.45, 2.75) is 26.8 Å². The van der Waals surface area contributed by atoms with Crippen molar-refractivity contribution in [3.8, 4) is 0 Å². The maximum Gasteiger partial charge on any atom is 0.268 e. The second-order valence-corrected chi connectivity index (χ2v) is 5.78. The van der Waals surface area contributed by atoms with Crippen LogP contribution in [0.2, 0.25) is 0 Å². The molecule has 0 aliphatic rings. The first-order valence-corrected chi connectivity index (χ1v) is 6.67. The number of hydrogen-bond acceptors (Lipinski definition) is 3. The molecule has 0 spiro atoms. The average molecular weight is 263 g/mol. The number of thiazole rings is 1. The molecule has 0 fully saturated rings. The monoisotopic (exact) mass is 263 g/mol. The quantitative estimate of drug-likeness (QED) is 0.925. The number of aryl methyl sites for hydroxylation is 3. The summed E-state index contributed by atoms with van der Waals surface area (Å²) in [6.07, 6.45) is 1.86. The minimum absolute atomic E-state index is 0.0694. The van der Waals surface area contributed by atoms with Crippen LogP contribution in [0.1, 0.15) is 39.0 Å². The molecule has 2 heterocycles. The van der Waals surface area contributed by atoms with Gasteiger partial charge in [-0.15, -0.1) is 11.3 Å². The average Bonchev–Trinajstić information content (AvgIpc) is 2.84. The zero-order valence-electron chi connectivity index (χ0n) is 11.0. The van der Waals surface area contributed by atoms with Gasteiger partial charge in [0.05, 0.1) is 16.7 Å². The van der Waals surface area contributed by atoms with E-state index in [9.17, 15) is 4.79 Å². The highest BCUT2D eigenvalue weighted by Crippen LogP contribution is 2.22. The van der Waals surface area contributed by atoms with Crippen molar-refractivity contribution in [1.82, 2.24) is 14.9 Å². The number of carbonyl (C=O) groups is 1. The number of hydrogen-bond donors (Lipinski definition) is 1. The zero-order chi connectivity index (χ0) is 13.3. The van der Waals surface area contributed by atoms with Crippen LogP contribution in [0.15, 0.2) is 18.3 Å². The van der Waals surface area contributed by atoms with Gasteiger partial charge in [-0.1, -0.05) is 0 Å². The molecule has 1 atom stereocenters. The van der Waals surface area contributed by atoms with E-state index in [0.29, 0.717) is 5.69 Å². The van der Waals surface area contributed by atoms with E-state index in [1.54, 1.807) is 22.0 Å². The molecule has 1 N–H and O–H groups in total. The first-order valence-electron chi connectivity index (χ1n) is 5.85. The molecule has 5 heteroatoms. The van der Waals surface area contributed by atoms with E-state index in [-0.39, 0.29) is 11.9 Å². The summed E-state index contributed by atoms with van der Waals surface area (Å²) < 4.78 is 1.81. The van der Waals surface area contributed by atoms with Crippen LogP contribution in [0.5, 0.6) is 0 Å². The third kappa shape index (κ3) is 2.46. The summed E-state index contributed by atoms with van der Waals surface area (Å²) in [5, 5.41) is 4.01. The summed E-state index contributed by atoms with van der Waals surface area (Å²) in [6, 6.07) is 3.59. The molecule has 4 nitrogen and oxygen atoms in total. The Morgan fingerprint density at radius 2 is 2.22 bits per heavy atom. The first kappa shape index (κ1) is 12.8. The molecule has 0 saturated heterocycles. The summed E-state index contributed by atoms with van der Waals surface area (Å²) in [5.74, 6) is -0.0694. The lowest BCUT2D eigenvalue weighted by Crippen LogP contribution is -2.28. The molecule has 2 aromatic rings. The lowest BCUT2D eigenvalue weighted by atomic mass is 10.2. The van der Waals surface area contributed by atoms with Gasteiger partial charge < -0.3 is 9.88 Å². The summed E-state index contributed by atoms with van der Waals surface area (Å²) in [4.78, 5) is 17.7. The smallest absolute Gasteiger partial charge is 0.268 e. The fraction of sp³-hybridized carbons (Fsp3) is 0.385. The highest BCUT2D eigenvalue weighted by molar-refractivity contribution is 7.11. The molecule has 1 unspecified atom stereocenters. The summed E-state index contributed by atoms with van der Waals surface area (Å²) in [5.41, 5.74) is 1.62. The van der Waals surface area contributed by atoms with Crippen molar-refractivity contribution in [3.05, 3.63) is 39.6 Å². The van der Waals surface area contributed by atoms with Crippen LogP contribution in [0, 0.1) is 13.8 Å². The van der Waals surface area contributed by atoms with E-state index >= 15 is 0 Å². The van der Waals surface area contributed by atoms with Gasteiger partial charge in [0.25, 0.3) is 5.91 Å². The van der Waals surface area contributed by atoms with Crippen molar-refractivity contribution in [3.63, 3.8) is 0 Å². The molecule has 0 aliphatic heterocycles. The van der Waals surface area contributed by atoms with E-state index in [4.69, 9.17) is 0 Å². The number of carbonyl (C=O) groups excluding carboxylic acids is 1. The molecular formula is C13H17N3OS. The maximum absolute atomic E-state index is 12.1. The minimum atomic E-state index is -0.0719. The Balaban J connectivity index is 2.13. The maximum atomic E-state index is 12.1. The number of aromatic nitrogens is 2. The largest absolute Gasteiger partial charge is 0.347 e. The minimum Gasteiger partial charge on any atom is -0.347 e. The molecule has 1 amide bonds. The van der Waals surface area contributed by atoms with Gasteiger partial charge in [-0.3, -0.25) is 4.79 Å². The topological polar surface area (TPSA) is 46.9 Å². The first-order chi connectivity index (χ1) is 8.49. The van der Waals surface area contributed by atoms with Crippen molar-refractivity contribution in [2.75, 3.05) is 0 Å². The molecular weight excluding hydrogens is 246 g/mol. The van der Waals surface area contributed by atoms with Gasteiger partial charge in [-0.2, -0.15) is 0 Å². The summed E-state index contributed by atoms with van der Waals surface area (Å²) >= 11 is 1.66. The third-order valence-corrected chi connectivity index (χ3v) is 3.78. The zero-order valence-corrected chi connectivity index (χ0v) is 11.8. The Hall–Kier alpha value is -1.62. The molecule has 2 aromatic heterocycles. The van der Waals surface area contributed by atoms with Crippen LogP contribution in [0.25, 0.3) is 0 Å². The molecule has 0 bridgehead atoms. The van der Waals surface area contributed by atoms with Crippen LogP contribution in [0.3, 0.4) is 0 Å². The van der Waals surface area contributed by atoms with Gasteiger partial charge >= 0.3 is 0 Å². The number of nitrogens with zero attached hydrogens (tertiary/aromatic N) is 2. The van der Waals surface area contributed by atoms with Gasteiger partial charge in [0, 0.05) is 18.1 Å². The predicted molar refractivity (Wildman–Crippen MR) is 72.9 cm³/mol. The Labute approximate surface area is 111 Å². The second-order valence-electron chi connectivity index (χ2n) is 4.37. The number of amides is 1. The fourth-order valence-electron chi connectivity index (χ4n) is 1.98. The molecule has 2 rings (SSSR count). The molecule has 0 radical (unpaired) electrons. The summed E-state index contributed by atoms with van der Waals surface area (Å²) in [6.45, 7) is 5.97. The van der Waals surface area contributed by atoms with E-state index in [1.807, 2.05) is 40.1 Å². The second kappa shape index (κ2) is 4.94. The van der Waals surface area contributed by atoms with Crippen molar-refractivity contribution >= 4 is 17.2 Å². The van der Waals surface area contributed by atoms with E-state index in [2.05, 4.69) is 10.3 Å². The Morgan fingerprint density at radius 3 is 2.72 bits per heavy atom. The van der Waals surface area contributed by atoms with Gasteiger partial charge in [-0.25, -0.2) is 4.98 Å². The van der Waals surface area contributed by atoms with Crippen LogP contribution in [0.4, 0.5) is 0 Å². The fourth-order valence-corrected chi connectivity index (χ4v) is 2.90. The highest BCUT2D eigenvalue weighted by Gasteiger charge is 2.17. The molecule has 0 aliphatic carbocycles. The van der Waals surface area contributed by atoms with Crippen LogP contribution in [-0.4, -0.2) is 15.5 Å². The Bertz CT molecular complexity index is 571. The standard InChI is InChI=1S/C13H17N3OS/c1-8(12-9(2)18-10(3)15-12)14-13(17)11-6-5-7-16(11)4/h5-8H,1-4H3,(H,14,17). The van der Waals surface area contributed by atoms with Gasteiger partial charge in [0.1, 0.15) is 5.69 Å². The third-order valence-electron chi connectivity index (χ3n) is 2.87. The Kier molecular flexibility index (Phi) is 3.52. The molecule has 0 saturated carbocycles. The molecule has 96 valence electrons. The van der Waals surface area contributed by atoms with Crippen LogP contribution < -0.4 is 5.32 Å². The van der Waals surface area contributed by atoms with E-state index < -0.39 is 0 Å². The lowest BCUT2D eigenvalue weighted by Gasteiger charge is -2.13. The van der Waals surface area contributed by atoms with E-state index in [0.717, 1.165) is 15.6 Å². The lowest BCUT2D eigenvalue weighted by molar-refractivity contribution is 0.0931. The van der Waals surface area contributed by atoms with Crippen LogP contribution >= 0.6 is 11.3 Å². The van der Waals surface area contributed by atoms with Gasteiger partial charge in [0.2, 0.25) is 0 Å². The molecule has 18 heavy (non-hydrogen) atoms. The number of nitrogens with one attached hydrogen (secondary N) is 1. The molecule has 0 aromatic carbocycles. The predicted octanol–water partition coefficient (Wildman–Crippen LogP) is 2.59. The normalized spacial score (nSPS) is 12.4. The van der Waals surface area contributed by atoms with Gasteiger partial charge in [-0.05, 0) is 32.9 Å².